The first-order valence-electron chi connectivity index (χ1n) is 5.80. The Kier molecular flexibility index (Phi) is 4.97. The average Bonchev–Trinajstić information content (AvgIpc) is 2.35. The molecular formula is C13H19NO4. The number of phenolic OH excluding ortho intramolecular Hbond substituents is 1. The maximum atomic E-state index is 12.3. The van der Waals surface area contributed by atoms with Crippen LogP contribution >= 0.6 is 0 Å². The Morgan fingerprint density at radius 2 is 2.11 bits per heavy atom. The lowest BCUT2D eigenvalue weighted by molar-refractivity contribution is 0.0661. The summed E-state index contributed by atoms with van der Waals surface area (Å²) in [5, 5.41) is 18.9. The molecule has 0 atom stereocenters. The Hall–Kier alpha value is -1.75. The molecule has 0 aromatic heterocycles. The number of rotatable bonds is 5. The Morgan fingerprint density at radius 3 is 2.61 bits per heavy atom. The quantitative estimate of drug-likeness (QED) is 0.828. The van der Waals surface area contributed by atoms with Gasteiger partial charge in [0.05, 0.1) is 19.3 Å². The van der Waals surface area contributed by atoms with Gasteiger partial charge in [-0.2, -0.15) is 0 Å². The maximum Gasteiger partial charge on any atom is 0.258 e. The number of hydrogen-bond donors (Lipinski definition) is 2. The molecule has 1 amide bonds. The number of para-hydroxylation sites is 1. The Bertz CT molecular complexity index is 417. The Labute approximate surface area is 107 Å². The lowest BCUT2D eigenvalue weighted by Crippen LogP contribution is -2.39. The zero-order valence-corrected chi connectivity index (χ0v) is 10.9. The minimum atomic E-state index is -0.324. The summed E-state index contributed by atoms with van der Waals surface area (Å²) >= 11 is 0. The monoisotopic (exact) mass is 253 g/mol. The third-order valence-electron chi connectivity index (χ3n) is 2.67. The number of aliphatic hydroxyl groups excluding tert-OH is 1. The van der Waals surface area contributed by atoms with Gasteiger partial charge in [0.25, 0.3) is 5.91 Å². The molecule has 0 unspecified atom stereocenters. The molecule has 1 rings (SSSR count). The smallest absolute Gasteiger partial charge is 0.258 e. The van der Waals surface area contributed by atoms with E-state index in [-0.39, 0.29) is 42.2 Å². The summed E-state index contributed by atoms with van der Waals surface area (Å²) in [4.78, 5) is 13.8. The second-order valence-corrected chi connectivity index (χ2v) is 4.17. The molecule has 100 valence electrons. The number of hydrogen-bond acceptors (Lipinski definition) is 4. The van der Waals surface area contributed by atoms with Gasteiger partial charge in [-0.15, -0.1) is 0 Å². The zero-order valence-electron chi connectivity index (χ0n) is 10.9. The molecular weight excluding hydrogens is 234 g/mol. The Morgan fingerprint density at radius 1 is 1.44 bits per heavy atom. The van der Waals surface area contributed by atoms with Crippen LogP contribution in [0.5, 0.6) is 11.5 Å². The second-order valence-electron chi connectivity index (χ2n) is 4.17. The van der Waals surface area contributed by atoms with Crippen molar-refractivity contribution in [3.63, 3.8) is 0 Å². The second kappa shape index (κ2) is 6.26. The molecule has 5 heteroatoms. The molecule has 0 aliphatic rings. The van der Waals surface area contributed by atoms with Crippen molar-refractivity contribution in [1.82, 2.24) is 4.90 Å². The van der Waals surface area contributed by atoms with Crippen LogP contribution in [0.15, 0.2) is 18.2 Å². The average molecular weight is 253 g/mol. The summed E-state index contributed by atoms with van der Waals surface area (Å²) in [7, 11) is 1.43. The third kappa shape index (κ3) is 2.92. The van der Waals surface area contributed by atoms with Gasteiger partial charge in [0.2, 0.25) is 0 Å². The SMILES string of the molecule is COc1cccc(C(=O)N(CCO)C(C)C)c1O. The standard InChI is InChI=1S/C13H19NO4/c1-9(2)14(7-8-15)13(17)10-5-4-6-11(18-3)12(10)16/h4-6,9,15-16H,7-8H2,1-3H3. The number of phenols is 1. The maximum absolute atomic E-state index is 12.3. The molecule has 0 aliphatic heterocycles. The molecule has 0 saturated carbocycles. The van der Waals surface area contributed by atoms with Crippen LogP contribution in [0.25, 0.3) is 0 Å². The lowest BCUT2D eigenvalue weighted by Gasteiger charge is -2.26. The zero-order chi connectivity index (χ0) is 13.7. The number of aromatic hydroxyl groups is 1. The highest BCUT2D eigenvalue weighted by Crippen LogP contribution is 2.30. The minimum absolute atomic E-state index is 0.0600. The van der Waals surface area contributed by atoms with Crippen LogP contribution in [0, 0.1) is 0 Å². The number of nitrogens with zero attached hydrogens (tertiary/aromatic N) is 1. The van der Waals surface area contributed by atoms with Crippen molar-refractivity contribution in [2.24, 2.45) is 0 Å². The number of ether oxygens (including phenoxy) is 1. The third-order valence-corrected chi connectivity index (χ3v) is 2.67. The summed E-state index contributed by atoms with van der Waals surface area (Å²) in [5.74, 6) is -0.238. The van der Waals surface area contributed by atoms with Crippen molar-refractivity contribution in [2.75, 3.05) is 20.3 Å². The van der Waals surface area contributed by atoms with Crippen molar-refractivity contribution in [2.45, 2.75) is 19.9 Å². The first-order valence-corrected chi connectivity index (χ1v) is 5.80. The molecule has 1 aromatic carbocycles. The molecule has 2 N–H and O–H groups in total. The van der Waals surface area contributed by atoms with Crippen molar-refractivity contribution in [3.05, 3.63) is 23.8 Å². The number of carbonyl (C=O) groups excluding carboxylic acids is 1. The molecule has 0 fully saturated rings. The van der Waals surface area contributed by atoms with Gasteiger partial charge in [-0.05, 0) is 26.0 Å². The highest BCUT2D eigenvalue weighted by Gasteiger charge is 2.22. The van der Waals surface area contributed by atoms with Crippen molar-refractivity contribution in [3.8, 4) is 11.5 Å². The van der Waals surface area contributed by atoms with E-state index in [0.29, 0.717) is 0 Å². The van der Waals surface area contributed by atoms with Crippen LogP contribution in [0.1, 0.15) is 24.2 Å². The summed E-state index contributed by atoms with van der Waals surface area (Å²) in [6.45, 7) is 3.82. The van der Waals surface area contributed by atoms with Gasteiger partial charge in [0, 0.05) is 12.6 Å². The van der Waals surface area contributed by atoms with Crippen LogP contribution in [0.3, 0.4) is 0 Å². The number of methoxy groups -OCH3 is 1. The summed E-state index contributed by atoms with van der Waals surface area (Å²) < 4.78 is 4.97. The van der Waals surface area contributed by atoms with Gasteiger partial charge in [0.15, 0.2) is 11.5 Å². The fraction of sp³-hybridized carbons (Fsp3) is 0.462. The number of benzene rings is 1. The molecule has 1 aromatic rings. The van der Waals surface area contributed by atoms with Crippen LogP contribution < -0.4 is 4.74 Å². The van der Waals surface area contributed by atoms with Crippen molar-refractivity contribution < 1.29 is 19.7 Å². The molecule has 0 radical (unpaired) electrons. The molecule has 0 spiro atoms. The molecule has 0 aliphatic carbocycles. The molecule has 5 nitrogen and oxygen atoms in total. The summed E-state index contributed by atoms with van der Waals surface area (Å²) in [5.41, 5.74) is 0.177. The summed E-state index contributed by atoms with van der Waals surface area (Å²) in [6.07, 6.45) is 0. The number of amides is 1. The Balaban J connectivity index is 3.09. The van der Waals surface area contributed by atoms with E-state index in [0.717, 1.165) is 0 Å². The van der Waals surface area contributed by atoms with E-state index < -0.39 is 0 Å². The molecule has 0 bridgehead atoms. The van der Waals surface area contributed by atoms with Gasteiger partial charge in [0.1, 0.15) is 0 Å². The normalized spacial score (nSPS) is 10.5. The van der Waals surface area contributed by atoms with E-state index in [2.05, 4.69) is 0 Å². The molecule has 18 heavy (non-hydrogen) atoms. The first-order chi connectivity index (χ1) is 8.52. The van der Waals surface area contributed by atoms with Crippen LogP contribution in [0.4, 0.5) is 0 Å². The van der Waals surface area contributed by atoms with Gasteiger partial charge in [-0.25, -0.2) is 0 Å². The van der Waals surface area contributed by atoms with Crippen LogP contribution in [-0.2, 0) is 0 Å². The van der Waals surface area contributed by atoms with E-state index >= 15 is 0 Å². The highest BCUT2D eigenvalue weighted by atomic mass is 16.5. The first kappa shape index (κ1) is 14.3. The predicted molar refractivity (Wildman–Crippen MR) is 67.9 cm³/mol. The van der Waals surface area contributed by atoms with Crippen LogP contribution in [-0.4, -0.2) is 47.3 Å². The van der Waals surface area contributed by atoms with E-state index in [1.165, 1.54) is 18.1 Å². The van der Waals surface area contributed by atoms with E-state index in [1.807, 2.05) is 13.8 Å². The largest absolute Gasteiger partial charge is 0.504 e. The van der Waals surface area contributed by atoms with Gasteiger partial charge >= 0.3 is 0 Å². The van der Waals surface area contributed by atoms with Gasteiger partial charge < -0.3 is 19.8 Å². The van der Waals surface area contributed by atoms with E-state index in [1.54, 1.807) is 12.1 Å². The predicted octanol–water partition coefficient (Wildman–Crippen LogP) is 1.24. The number of aliphatic hydroxyl groups is 1. The van der Waals surface area contributed by atoms with Crippen molar-refractivity contribution >= 4 is 5.91 Å². The van der Waals surface area contributed by atoms with Crippen molar-refractivity contribution in [1.29, 1.82) is 0 Å². The minimum Gasteiger partial charge on any atom is -0.504 e. The van der Waals surface area contributed by atoms with Gasteiger partial charge in [-0.3, -0.25) is 4.79 Å². The van der Waals surface area contributed by atoms with E-state index in [4.69, 9.17) is 9.84 Å². The summed E-state index contributed by atoms with van der Waals surface area (Å²) in [6, 6.07) is 4.70. The molecule has 0 saturated heterocycles. The van der Waals surface area contributed by atoms with E-state index in [9.17, 15) is 9.90 Å². The van der Waals surface area contributed by atoms with Crippen LogP contribution in [0.2, 0.25) is 0 Å². The molecule has 0 heterocycles. The fourth-order valence-corrected chi connectivity index (χ4v) is 1.72. The number of carbonyl (C=O) groups is 1. The fourth-order valence-electron chi connectivity index (χ4n) is 1.72. The van der Waals surface area contributed by atoms with Gasteiger partial charge in [-0.1, -0.05) is 6.07 Å². The highest BCUT2D eigenvalue weighted by molar-refractivity contribution is 5.97. The topological polar surface area (TPSA) is 70.0 Å². The lowest BCUT2D eigenvalue weighted by atomic mass is 10.1.